The molecule has 0 N–H and O–H groups in total. The molecule has 0 spiro atoms. The van der Waals surface area contributed by atoms with Gasteiger partial charge in [0.2, 0.25) is 0 Å². The van der Waals surface area contributed by atoms with E-state index in [9.17, 15) is 25.5 Å². The predicted molar refractivity (Wildman–Crippen MR) is 87.0 cm³/mol. The van der Waals surface area contributed by atoms with Gasteiger partial charge in [0.05, 0.1) is 16.3 Å². The Labute approximate surface area is 146 Å². The lowest BCUT2D eigenvalue weighted by atomic mass is 10.1. The number of rotatable bonds is 3. The molecule has 0 aliphatic rings. The highest BCUT2D eigenvalue weighted by molar-refractivity contribution is 7.86. The number of halogens is 4. The minimum atomic E-state index is -4.90. The zero-order chi connectivity index (χ0) is 19.1. The molecule has 136 valence electrons. The molecular formula is C17H12F4N2O2S. The maximum absolute atomic E-state index is 13.1. The van der Waals surface area contributed by atoms with E-state index < -0.39 is 27.0 Å². The first-order valence-electron chi connectivity index (χ1n) is 7.35. The second kappa shape index (κ2) is 6.24. The Balaban J connectivity index is 2.16. The van der Waals surface area contributed by atoms with Crippen LogP contribution in [0.1, 0.15) is 11.3 Å². The Kier molecular flexibility index (Phi) is 4.35. The largest absolute Gasteiger partial charge is 0.435 e. The Bertz CT molecular complexity index is 1040. The van der Waals surface area contributed by atoms with Crippen LogP contribution in [-0.2, 0) is 16.4 Å². The standard InChI is InChI=1S/C17H12F4N2O2S/c1-11-2-4-12(5-3-11)15-10-16(17(18,19)20)22-23(15)13-6-8-14(9-7-13)26(21,24)25/h2-10H,1H3. The molecule has 1 heterocycles. The van der Waals surface area contributed by atoms with Crippen molar-refractivity contribution in [3.05, 3.63) is 65.9 Å². The molecule has 0 saturated heterocycles. The zero-order valence-electron chi connectivity index (χ0n) is 13.3. The van der Waals surface area contributed by atoms with Crippen LogP contribution in [0.2, 0.25) is 0 Å². The molecule has 26 heavy (non-hydrogen) atoms. The number of aryl methyl sites for hydroxylation is 1. The second-order valence-corrected chi connectivity index (χ2v) is 6.97. The van der Waals surface area contributed by atoms with Crippen LogP contribution in [0.3, 0.4) is 0 Å². The van der Waals surface area contributed by atoms with Gasteiger partial charge in [-0.3, -0.25) is 0 Å². The summed E-state index contributed by atoms with van der Waals surface area (Å²) in [5.74, 6) is 0. The summed E-state index contributed by atoms with van der Waals surface area (Å²) in [5, 5.41) is 3.59. The van der Waals surface area contributed by atoms with Gasteiger partial charge in [-0.25, -0.2) is 4.68 Å². The summed E-state index contributed by atoms with van der Waals surface area (Å²) in [4.78, 5) is -0.582. The van der Waals surface area contributed by atoms with Crippen molar-refractivity contribution in [2.45, 2.75) is 18.0 Å². The van der Waals surface area contributed by atoms with Crippen molar-refractivity contribution in [1.82, 2.24) is 9.78 Å². The molecular weight excluding hydrogens is 372 g/mol. The van der Waals surface area contributed by atoms with Crippen molar-refractivity contribution in [3.8, 4) is 16.9 Å². The molecule has 9 heteroatoms. The van der Waals surface area contributed by atoms with E-state index in [2.05, 4.69) is 5.10 Å². The number of hydrogen-bond acceptors (Lipinski definition) is 3. The van der Waals surface area contributed by atoms with Crippen LogP contribution in [0.25, 0.3) is 16.9 Å². The highest BCUT2D eigenvalue weighted by atomic mass is 32.3. The van der Waals surface area contributed by atoms with Gasteiger partial charge in [-0.15, -0.1) is 3.89 Å². The molecule has 2 aromatic carbocycles. The number of alkyl halides is 3. The van der Waals surface area contributed by atoms with Crippen LogP contribution in [-0.4, -0.2) is 18.2 Å². The normalized spacial score (nSPS) is 12.3. The Morgan fingerprint density at radius 3 is 2.04 bits per heavy atom. The zero-order valence-corrected chi connectivity index (χ0v) is 14.1. The maximum atomic E-state index is 13.1. The molecule has 0 aliphatic carbocycles. The molecule has 0 unspecified atom stereocenters. The van der Waals surface area contributed by atoms with Crippen LogP contribution in [0.15, 0.2) is 59.5 Å². The van der Waals surface area contributed by atoms with Crippen LogP contribution in [0.5, 0.6) is 0 Å². The van der Waals surface area contributed by atoms with Gasteiger partial charge >= 0.3 is 16.4 Å². The van der Waals surface area contributed by atoms with E-state index in [4.69, 9.17) is 0 Å². The van der Waals surface area contributed by atoms with Crippen molar-refractivity contribution in [2.75, 3.05) is 0 Å². The van der Waals surface area contributed by atoms with E-state index in [0.29, 0.717) is 5.56 Å². The monoisotopic (exact) mass is 384 g/mol. The lowest BCUT2D eigenvalue weighted by Gasteiger charge is -2.08. The molecule has 0 aliphatic heterocycles. The summed E-state index contributed by atoms with van der Waals surface area (Å²) in [7, 11) is -4.90. The minimum Gasteiger partial charge on any atom is -0.233 e. The molecule has 0 bridgehead atoms. The smallest absolute Gasteiger partial charge is 0.233 e. The fourth-order valence-electron chi connectivity index (χ4n) is 2.40. The third kappa shape index (κ3) is 3.62. The summed E-state index contributed by atoms with van der Waals surface area (Å²) in [6.45, 7) is 1.85. The number of nitrogens with zero attached hydrogens (tertiary/aromatic N) is 2. The van der Waals surface area contributed by atoms with Gasteiger partial charge < -0.3 is 0 Å². The van der Waals surface area contributed by atoms with Crippen molar-refractivity contribution < 1.29 is 25.5 Å². The molecule has 0 radical (unpaired) electrons. The number of hydrogen-bond donors (Lipinski definition) is 0. The van der Waals surface area contributed by atoms with Crippen LogP contribution >= 0.6 is 0 Å². The highest BCUT2D eigenvalue weighted by Crippen LogP contribution is 2.33. The molecule has 0 fully saturated rings. The molecule has 0 atom stereocenters. The second-order valence-electron chi connectivity index (χ2n) is 5.62. The molecule has 3 aromatic rings. The van der Waals surface area contributed by atoms with Crippen molar-refractivity contribution in [2.24, 2.45) is 0 Å². The summed E-state index contributed by atoms with van der Waals surface area (Å²) in [5.41, 5.74) is 0.695. The van der Waals surface area contributed by atoms with Crippen LogP contribution in [0.4, 0.5) is 17.1 Å². The number of benzene rings is 2. The quantitative estimate of drug-likeness (QED) is 0.493. The third-order valence-electron chi connectivity index (χ3n) is 3.71. The average molecular weight is 384 g/mol. The van der Waals surface area contributed by atoms with E-state index in [-0.39, 0.29) is 11.4 Å². The van der Waals surface area contributed by atoms with Gasteiger partial charge in [0.15, 0.2) is 5.69 Å². The topological polar surface area (TPSA) is 52.0 Å². The van der Waals surface area contributed by atoms with Crippen molar-refractivity contribution in [1.29, 1.82) is 0 Å². The van der Waals surface area contributed by atoms with E-state index in [1.54, 1.807) is 24.3 Å². The average Bonchev–Trinajstić information content (AvgIpc) is 3.00. The van der Waals surface area contributed by atoms with Crippen molar-refractivity contribution in [3.63, 3.8) is 0 Å². The summed E-state index contributed by atoms with van der Waals surface area (Å²) in [6.07, 6.45) is -4.65. The van der Waals surface area contributed by atoms with Gasteiger partial charge in [-0.05, 0) is 37.3 Å². The first kappa shape index (κ1) is 18.1. The minimum absolute atomic E-state index is 0.170. The van der Waals surface area contributed by atoms with Gasteiger partial charge in [0.25, 0.3) is 0 Å². The van der Waals surface area contributed by atoms with Crippen molar-refractivity contribution >= 4 is 10.2 Å². The van der Waals surface area contributed by atoms with E-state index in [0.717, 1.165) is 28.4 Å². The van der Waals surface area contributed by atoms with Crippen LogP contribution in [0, 0.1) is 6.92 Å². The van der Waals surface area contributed by atoms with Gasteiger partial charge in [-0.2, -0.15) is 26.7 Å². The third-order valence-corrected chi connectivity index (χ3v) is 4.55. The lowest BCUT2D eigenvalue weighted by molar-refractivity contribution is -0.141. The Hall–Kier alpha value is -2.68. The molecule has 0 amide bonds. The number of aromatic nitrogens is 2. The fraction of sp³-hybridized carbons (Fsp3) is 0.118. The lowest BCUT2D eigenvalue weighted by Crippen LogP contribution is -2.07. The van der Waals surface area contributed by atoms with Gasteiger partial charge in [-0.1, -0.05) is 29.8 Å². The first-order valence-corrected chi connectivity index (χ1v) is 8.73. The molecule has 3 rings (SSSR count). The Morgan fingerprint density at radius 2 is 1.54 bits per heavy atom. The SMILES string of the molecule is Cc1ccc(-c2cc(C(F)(F)F)nn2-c2ccc(S(=O)(=O)F)cc2)cc1. The first-order chi connectivity index (χ1) is 12.1. The highest BCUT2D eigenvalue weighted by Gasteiger charge is 2.35. The summed E-state index contributed by atoms with van der Waals surface area (Å²) < 4.78 is 75.1. The van der Waals surface area contributed by atoms with Crippen LogP contribution < -0.4 is 0 Å². The maximum Gasteiger partial charge on any atom is 0.435 e. The Morgan fingerprint density at radius 1 is 0.962 bits per heavy atom. The van der Waals surface area contributed by atoms with E-state index >= 15 is 0 Å². The summed E-state index contributed by atoms with van der Waals surface area (Å²) >= 11 is 0. The van der Waals surface area contributed by atoms with Gasteiger partial charge in [0.1, 0.15) is 0 Å². The van der Waals surface area contributed by atoms with E-state index in [1.807, 2.05) is 6.92 Å². The molecule has 4 nitrogen and oxygen atoms in total. The predicted octanol–water partition coefficient (Wildman–Crippen LogP) is 4.52. The van der Waals surface area contributed by atoms with Gasteiger partial charge in [0, 0.05) is 5.56 Å². The fourth-order valence-corrected chi connectivity index (χ4v) is 2.86. The molecule has 0 saturated carbocycles. The summed E-state index contributed by atoms with van der Waals surface area (Å²) in [6, 6.07) is 12.0. The molecule has 1 aromatic heterocycles. The van der Waals surface area contributed by atoms with E-state index in [1.165, 1.54) is 12.1 Å².